The molecule has 0 aliphatic carbocycles. The van der Waals surface area contributed by atoms with Crippen LogP contribution in [0.4, 0.5) is 5.82 Å². The monoisotopic (exact) mass is 216 g/mol. The maximum Gasteiger partial charge on any atom is 0.235 e. The van der Waals surface area contributed by atoms with E-state index in [0.717, 1.165) is 11.5 Å². The van der Waals surface area contributed by atoms with Gasteiger partial charge in [-0.05, 0) is 32.9 Å². The van der Waals surface area contributed by atoms with Crippen LogP contribution in [0, 0.1) is 0 Å². The molecule has 0 atom stereocenters. The normalized spacial score (nSPS) is 11.7. The molecule has 2 rings (SSSR count). The summed E-state index contributed by atoms with van der Waals surface area (Å²) in [6, 6.07) is 3.50. The average Bonchev–Trinajstić information content (AvgIpc) is 2.58. The molecule has 0 saturated carbocycles. The Kier molecular flexibility index (Phi) is 2.42. The fourth-order valence-corrected chi connectivity index (χ4v) is 1.52. The van der Waals surface area contributed by atoms with Crippen molar-refractivity contribution in [2.75, 3.05) is 5.32 Å². The van der Waals surface area contributed by atoms with Crippen LogP contribution in [0.5, 0.6) is 0 Å². The number of nitrogens with zero attached hydrogens (tertiary/aromatic N) is 2. The highest BCUT2D eigenvalue weighted by Gasteiger charge is 2.12. The summed E-state index contributed by atoms with van der Waals surface area (Å²) in [6.07, 6.45) is 5.36. The molecule has 1 radical (unpaired) electrons. The SMILES string of the molecule is CC(C)(C)Nc1cnc2ccc([C]=O)cn12. The summed E-state index contributed by atoms with van der Waals surface area (Å²) in [5, 5.41) is 3.33. The highest BCUT2D eigenvalue weighted by Crippen LogP contribution is 2.17. The van der Waals surface area contributed by atoms with E-state index in [0.29, 0.717) is 5.56 Å². The summed E-state index contributed by atoms with van der Waals surface area (Å²) in [7, 11) is 0. The van der Waals surface area contributed by atoms with Crippen LogP contribution < -0.4 is 5.32 Å². The zero-order valence-corrected chi connectivity index (χ0v) is 9.61. The predicted molar refractivity (Wildman–Crippen MR) is 63.4 cm³/mol. The molecule has 0 aromatic carbocycles. The van der Waals surface area contributed by atoms with Gasteiger partial charge in [-0.2, -0.15) is 0 Å². The van der Waals surface area contributed by atoms with Gasteiger partial charge in [0.25, 0.3) is 0 Å². The minimum atomic E-state index is -0.0448. The zero-order chi connectivity index (χ0) is 11.8. The summed E-state index contributed by atoms with van der Waals surface area (Å²) >= 11 is 0. The van der Waals surface area contributed by atoms with E-state index in [1.54, 1.807) is 24.5 Å². The van der Waals surface area contributed by atoms with Crippen LogP contribution in [0.3, 0.4) is 0 Å². The fraction of sp³-hybridized carbons (Fsp3) is 0.333. The Balaban J connectivity index is 2.50. The standard InChI is InChI=1S/C12H14N3O/c1-12(2,3)14-11-6-13-10-5-4-9(8-16)7-15(10)11/h4-7,14H,1-3H3. The molecule has 0 unspecified atom stereocenters. The minimum Gasteiger partial charge on any atom is -0.365 e. The summed E-state index contributed by atoms with van der Waals surface area (Å²) < 4.78 is 1.85. The fourth-order valence-electron chi connectivity index (χ4n) is 1.52. The van der Waals surface area contributed by atoms with Gasteiger partial charge in [-0.1, -0.05) is 0 Å². The number of carbonyl (C=O) groups excluding carboxylic acids is 1. The van der Waals surface area contributed by atoms with Crippen molar-refractivity contribution >= 4 is 17.8 Å². The smallest absolute Gasteiger partial charge is 0.235 e. The Labute approximate surface area is 94.3 Å². The van der Waals surface area contributed by atoms with E-state index in [9.17, 15) is 4.79 Å². The second-order valence-electron chi connectivity index (χ2n) is 4.77. The van der Waals surface area contributed by atoms with Crippen molar-refractivity contribution in [2.45, 2.75) is 26.3 Å². The average molecular weight is 216 g/mol. The van der Waals surface area contributed by atoms with E-state index in [2.05, 4.69) is 31.1 Å². The first-order valence-corrected chi connectivity index (χ1v) is 5.13. The third-order valence-electron chi connectivity index (χ3n) is 2.13. The molecule has 83 valence electrons. The van der Waals surface area contributed by atoms with Gasteiger partial charge in [0.2, 0.25) is 6.29 Å². The Hall–Kier alpha value is -1.84. The molecule has 0 amide bonds. The maximum atomic E-state index is 10.6. The van der Waals surface area contributed by atoms with Crippen LogP contribution in [0.2, 0.25) is 0 Å². The molecule has 1 N–H and O–H groups in total. The molecule has 2 aromatic rings. The van der Waals surface area contributed by atoms with E-state index in [1.165, 1.54) is 0 Å². The first-order chi connectivity index (χ1) is 7.49. The Morgan fingerprint density at radius 3 is 2.75 bits per heavy atom. The topological polar surface area (TPSA) is 46.4 Å². The molecule has 2 heterocycles. The van der Waals surface area contributed by atoms with E-state index >= 15 is 0 Å². The molecular weight excluding hydrogens is 202 g/mol. The van der Waals surface area contributed by atoms with Gasteiger partial charge in [-0.15, -0.1) is 0 Å². The lowest BCUT2D eigenvalue weighted by molar-refractivity contribution is 0.562. The van der Waals surface area contributed by atoms with Crippen molar-refractivity contribution in [2.24, 2.45) is 0 Å². The molecule has 16 heavy (non-hydrogen) atoms. The van der Waals surface area contributed by atoms with Gasteiger partial charge in [0.1, 0.15) is 11.5 Å². The molecule has 0 bridgehead atoms. The maximum absolute atomic E-state index is 10.6. The van der Waals surface area contributed by atoms with Crippen molar-refractivity contribution in [1.29, 1.82) is 0 Å². The second-order valence-corrected chi connectivity index (χ2v) is 4.77. The minimum absolute atomic E-state index is 0.0448. The Morgan fingerprint density at radius 1 is 1.38 bits per heavy atom. The molecule has 0 saturated heterocycles. The van der Waals surface area contributed by atoms with Gasteiger partial charge in [0, 0.05) is 17.3 Å². The van der Waals surface area contributed by atoms with Gasteiger partial charge in [-0.3, -0.25) is 9.20 Å². The van der Waals surface area contributed by atoms with E-state index in [-0.39, 0.29) is 5.54 Å². The number of pyridine rings is 1. The van der Waals surface area contributed by atoms with Crippen LogP contribution in [0.15, 0.2) is 24.5 Å². The lowest BCUT2D eigenvalue weighted by Gasteiger charge is -2.21. The van der Waals surface area contributed by atoms with Gasteiger partial charge in [0.05, 0.1) is 6.20 Å². The molecular formula is C12H14N3O. The number of hydrogen-bond donors (Lipinski definition) is 1. The van der Waals surface area contributed by atoms with Gasteiger partial charge in [0.15, 0.2) is 0 Å². The number of rotatable bonds is 2. The van der Waals surface area contributed by atoms with E-state index in [4.69, 9.17) is 0 Å². The summed E-state index contributed by atoms with van der Waals surface area (Å²) in [4.78, 5) is 14.8. The Bertz CT molecular complexity index is 523. The molecule has 0 aliphatic heterocycles. The van der Waals surface area contributed by atoms with Gasteiger partial charge in [-0.25, -0.2) is 4.98 Å². The van der Waals surface area contributed by atoms with Crippen molar-refractivity contribution in [3.63, 3.8) is 0 Å². The highest BCUT2D eigenvalue weighted by molar-refractivity contribution is 5.75. The second kappa shape index (κ2) is 3.63. The number of aromatic nitrogens is 2. The molecule has 0 spiro atoms. The largest absolute Gasteiger partial charge is 0.365 e. The molecule has 2 aromatic heterocycles. The third kappa shape index (κ3) is 2.05. The third-order valence-corrected chi connectivity index (χ3v) is 2.13. The van der Waals surface area contributed by atoms with Crippen LogP contribution in [-0.4, -0.2) is 21.2 Å². The predicted octanol–water partition coefficient (Wildman–Crippen LogP) is 2.00. The van der Waals surface area contributed by atoms with Gasteiger partial charge >= 0.3 is 0 Å². The first-order valence-electron chi connectivity index (χ1n) is 5.13. The van der Waals surface area contributed by atoms with E-state index in [1.807, 2.05) is 10.7 Å². The number of nitrogens with one attached hydrogen (secondary N) is 1. The van der Waals surface area contributed by atoms with Crippen LogP contribution in [0.1, 0.15) is 26.3 Å². The van der Waals surface area contributed by atoms with Crippen LogP contribution in [0.25, 0.3) is 5.65 Å². The summed E-state index contributed by atoms with van der Waals surface area (Å²) in [5.74, 6) is 0.875. The summed E-state index contributed by atoms with van der Waals surface area (Å²) in [5.41, 5.74) is 1.28. The van der Waals surface area contributed by atoms with Crippen molar-refractivity contribution in [3.8, 4) is 0 Å². The van der Waals surface area contributed by atoms with Crippen molar-refractivity contribution in [1.82, 2.24) is 9.38 Å². The molecule has 4 heteroatoms. The zero-order valence-electron chi connectivity index (χ0n) is 9.61. The first kappa shape index (κ1) is 10.7. The number of hydrogen-bond acceptors (Lipinski definition) is 3. The number of fused-ring (bicyclic) bond motifs is 1. The highest BCUT2D eigenvalue weighted by atomic mass is 16.1. The Morgan fingerprint density at radius 2 is 2.12 bits per heavy atom. The lowest BCUT2D eigenvalue weighted by atomic mass is 10.1. The van der Waals surface area contributed by atoms with Crippen molar-refractivity contribution < 1.29 is 4.79 Å². The van der Waals surface area contributed by atoms with Gasteiger partial charge < -0.3 is 5.32 Å². The quantitative estimate of drug-likeness (QED) is 0.835. The number of imidazole rings is 1. The molecule has 0 fully saturated rings. The number of anilines is 1. The van der Waals surface area contributed by atoms with Crippen molar-refractivity contribution in [3.05, 3.63) is 30.1 Å². The lowest BCUT2D eigenvalue weighted by Crippen LogP contribution is -2.26. The van der Waals surface area contributed by atoms with Crippen LogP contribution >= 0.6 is 0 Å². The summed E-state index contributed by atoms with van der Waals surface area (Å²) in [6.45, 7) is 6.21. The van der Waals surface area contributed by atoms with Crippen LogP contribution in [-0.2, 0) is 4.79 Å². The van der Waals surface area contributed by atoms with E-state index < -0.39 is 0 Å². The molecule has 0 aliphatic rings. The molecule has 4 nitrogen and oxygen atoms in total.